The van der Waals surface area contributed by atoms with Gasteiger partial charge in [0.2, 0.25) is 5.82 Å². The summed E-state index contributed by atoms with van der Waals surface area (Å²) < 4.78 is 44.9. The number of nitrogens with zero attached hydrogens (tertiary/aromatic N) is 1. The molecule has 3 rings (SSSR count). The van der Waals surface area contributed by atoms with Crippen LogP contribution in [-0.2, 0) is 14.3 Å². The van der Waals surface area contributed by atoms with E-state index < -0.39 is 47.2 Å². The largest absolute Gasteiger partial charge is 0.493 e. The Morgan fingerprint density at radius 3 is 2.55 bits per heavy atom. The fourth-order valence-electron chi connectivity index (χ4n) is 3.91. The molecule has 0 spiro atoms. The molecule has 1 saturated heterocycles. The molecule has 1 aliphatic rings. The Kier molecular flexibility index (Phi) is 6.23. The number of carbonyl (C=O) groups is 2. The number of primary amides is 1. The molecule has 0 bridgehead atoms. The summed E-state index contributed by atoms with van der Waals surface area (Å²) in [6.45, 7) is 3.46. The highest BCUT2D eigenvalue weighted by Crippen LogP contribution is 2.46. The van der Waals surface area contributed by atoms with Crippen molar-refractivity contribution < 1.29 is 32.6 Å². The van der Waals surface area contributed by atoms with Gasteiger partial charge in [-0.3, -0.25) is 14.6 Å². The van der Waals surface area contributed by atoms with Crippen molar-refractivity contribution in [3.63, 3.8) is 0 Å². The number of nitrogens with two attached hydrogens (primary N) is 1. The van der Waals surface area contributed by atoms with Crippen molar-refractivity contribution in [2.24, 2.45) is 5.73 Å². The summed E-state index contributed by atoms with van der Waals surface area (Å²) >= 11 is 0. The smallest absolute Gasteiger partial charge is 0.267 e. The number of benzene rings is 1. The number of methoxy groups -OCH3 is 2. The van der Waals surface area contributed by atoms with Crippen LogP contribution < -0.4 is 15.8 Å². The van der Waals surface area contributed by atoms with Crippen molar-refractivity contribution in [2.75, 3.05) is 19.5 Å². The lowest BCUT2D eigenvalue weighted by molar-refractivity contribution is -0.132. The summed E-state index contributed by atoms with van der Waals surface area (Å²) in [6, 6.07) is 5.10. The van der Waals surface area contributed by atoms with Crippen LogP contribution in [0.3, 0.4) is 0 Å². The Labute approximate surface area is 177 Å². The number of hydrogen-bond acceptors (Lipinski definition) is 6. The minimum absolute atomic E-state index is 0.0286. The third-order valence-electron chi connectivity index (χ3n) is 5.20. The van der Waals surface area contributed by atoms with Crippen LogP contribution in [0.2, 0.25) is 0 Å². The predicted molar refractivity (Wildman–Crippen MR) is 107 cm³/mol. The minimum Gasteiger partial charge on any atom is -0.493 e. The summed E-state index contributed by atoms with van der Waals surface area (Å²) in [5.74, 6) is -4.72. The molecule has 2 aromatic rings. The maximum absolute atomic E-state index is 14.4. The molecule has 1 aliphatic heterocycles. The first-order chi connectivity index (χ1) is 14.6. The molecule has 31 heavy (non-hydrogen) atoms. The van der Waals surface area contributed by atoms with Crippen LogP contribution in [0.25, 0.3) is 0 Å². The number of carbonyl (C=O) groups excluding carboxylic acids is 2. The zero-order chi connectivity index (χ0) is 22.9. The summed E-state index contributed by atoms with van der Waals surface area (Å²) in [5.41, 5.74) is 4.76. The monoisotopic (exact) mass is 435 g/mol. The standard InChI is InChI=1S/C21H23F2N3O5/c1-21(2)18(30-4)14(11-5-6-12(22)15(23)16(11)29-3)17(31-21)20(28)26-10-7-8-25-13(9-10)19(24)27/h5-9,14,17-18H,1-4H3,(H2,24,27)(H,25,26,28)/t14-,17+,18-/m0/s1. The van der Waals surface area contributed by atoms with Gasteiger partial charge in [-0.2, -0.15) is 4.39 Å². The number of pyridine rings is 1. The molecule has 8 nitrogen and oxygen atoms in total. The number of nitrogens with one attached hydrogen (secondary N) is 1. The Bertz CT molecular complexity index is 1010. The van der Waals surface area contributed by atoms with Crippen LogP contribution in [0.4, 0.5) is 14.5 Å². The quantitative estimate of drug-likeness (QED) is 0.721. The number of aromatic nitrogens is 1. The van der Waals surface area contributed by atoms with Crippen LogP contribution in [-0.4, -0.2) is 48.8 Å². The minimum atomic E-state index is -1.17. The van der Waals surface area contributed by atoms with Crippen molar-refractivity contribution in [3.05, 3.63) is 53.4 Å². The molecule has 3 atom stereocenters. The van der Waals surface area contributed by atoms with Crippen molar-refractivity contribution >= 4 is 17.5 Å². The van der Waals surface area contributed by atoms with Gasteiger partial charge in [-0.15, -0.1) is 0 Å². The lowest BCUT2D eigenvalue weighted by Gasteiger charge is -2.28. The van der Waals surface area contributed by atoms with E-state index in [1.165, 1.54) is 38.6 Å². The number of anilines is 1. The normalized spacial score (nSPS) is 22.2. The molecular formula is C21H23F2N3O5. The van der Waals surface area contributed by atoms with Crippen LogP contribution in [0.1, 0.15) is 35.8 Å². The lowest BCUT2D eigenvalue weighted by Crippen LogP contribution is -2.36. The van der Waals surface area contributed by atoms with Gasteiger partial charge in [0, 0.05) is 24.6 Å². The first-order valence-electron chi connectivity index (χ1n) is 9.40. The van der Waals surface area contributed by atoms with Gasteiger partial charge in [0.1, 0.15) is 11.8 Å². The van der Waals surface area contributed by atoms with E-state index in [2.05, 4.69) is 10.3 Å². The molecule has 0 radical (unpaired) electrons. The van der Waals surface area contributed by atoms with Gasteiger partial charge in [-0.1, -0.05) is 6.07 Å². The number of hydrogen-bond donors (Lipinski definition) is 2. The second-order valence-corrected chi connectivity index (χ2v) is 7.59. The van der Waals surface area contributed by atoms with Crippen molar-refractivity contribution in [3.8, 4) is 5.75 Å². The van der Waals surface area contributed by atoms with Crippen LogP contribution in [0.15, 0.2) is 30.5 Å². The zero-order valence-electron chi connectivity index (χ0n) is 17.4. The van der Waals surface area contributed by atoms with E-state index in [9.17, 15) is 18.4 Å². The Balaban J connectivity index is 2.02. The molecule has 0 aliphatic carbocycles. The number of amides is 2. The fourth-order valence-corrected chi connectivity index (χ4v) is 3.91. The van der Waals surface area contributed by atoms with Gasteiger partial charge < -0.3 is 25.3 Å². The van der Waals surface area contributed by atoms with Crippen molar-refractivity contribution in [1.82, 2.24) is 4.98 Å². The summed E-state index contributed by atoms with van der Waals surface area (Å²) in [5, 5.41) is 2.65. The molecule has 2 heterocycles. The van der Waals surface area contributed by atoms with Gasteiger partial charge in [-0.25, -0.2) is 4.39 Å². The molecule has 1 fully saturated rings. The summed E-state index contributed by atoms with van der Waals surface area (Å²) in [4.78, 5) is 28.3. The molecule has 1 aromatic carbocycles. The third-order valence-corrected chi connectivity index (χ3v) is 5.20. The average Bonchev–Trinajstić information content (AvgIpc) is 3.00. The number of ether oxygens (including phenoxy) is 3. The zero-order valence-corrected chi connectivity index (χ0v) is 17.4. The Morgan fingerprint density at radius 1 is 1.23 bits per heavy atom. The SMILES string of the molecule is COc1c([C@H]2[C@H](C(=O)Nc3ccnc(C(N)=O)c3)OC(C)(C)[C@H]2OC)ccc(F)c1F. The van der Waals surface area contributed by atoms with Crippen LogP contribution in [0, 0.1) is 11.6 Å². The van der Waals surface area contributed by atoms with Crippen LogP contribution >= 0.6 is 0 Å². The van der Waals surface area contributed by atoms with E-state index in [4.69, 9.17) is 19.9 Å². The van der Waals surface area contributed by atoms with E-state index in [0.29, 0.717) is 0 Å². The molecule has 0 unspecified atom stereocenters. The van der Waals surface area contributed by atoms with E-state index in [-0.39, 0.29) is 22.7 Å². The molecule has 2 amide bonds. The predicted octanol–water partition coefficient (Wildman–Crippen LogP) is 2.38. The average molecular weight is 435 g/mol. The maximum atomic E-state index is 14.4. The second-order valence-electron chi connectivity index (χ2n) is 7.59. The lowest BCUT2D eigenvalue weighted by atomic mass is 9.83. The van der Waals surface area contributed by atoms with Gasteiger partial charge in [0.25, 0.3) is 11.8 Å². The van der Waals surface area contributed by atoms with Crippen molar-refractivity contribution in [2.45, 2.75) is 37.6 Å². The fraction of sp³-hybridized carbons (Fsp3) is 0.381. The highest BCUT2D eigenvalue weighted by atomic mass is 19.2. The van der Waals surface area contributed by atoms with Gasteiger partial charge in [0.05, 0.1) is 24.7 Å². The Hall–Kier alpha value is -3.11. The first kappa shape index (κ1) is 22.6. The molecule has 10 heteroatoms. The second kappa shape index (κ2) is 8.56. The maximum Gasteiger partial charge on any atom is 0.267 e. The molecule has 3 N–H and O–H groups in total. The molecule has 0 saturated carbocycles. The van der Waals surface area contributed by atoms with Gasteiger partial charge in [-0.05, 0) is 32.0 Å². The molecular weight excluding hydrogens is 412 g/mol. The molecule has 166 valence electrons. The van der Waals surface area contributed by atoms with Crippen LogP contribution in [0.5, 0.6) is 5.75 Å². The van der Waals surface area contributed by atoms with E-state index >= 15 is 0 Å². The highest BCUT2D eigenvalue weighted by Gasteiger charge is 2.54. The number of rotatable bonds is 6. The first-order valence-corrected chi connectivity index (χ1v) is 9.40. The van der Waals surface area contributed by atoms with E-state index in [1.807, 2.05) is 0 Å². The number of halogens is 2. The van der Waals surface area contributed by atoms with E-state index in [0.717, 1.165) is 6.07 Å². The highest BCUT2D eigenvalue weighted by molar-refractivity contribution is 5.97. The van der Waals surface area contributed by atoms with Gasteiger partial charge >= 0.3 is 0 Å². The summed E-state index contributed by atoms with van der Waals surface area (Å²) in [6.07, 6.45) is -0.493. The third kappa shape index (κ3) is 4.21. The Morgan fingerprint density at radius 2 is 1.94 bits per heavy atom. The van der Waals surface area contributed by atoms with Crippen molar-refractivity contribution in [1.29, 1.82) is 0 Å². The molecule has 1 aromatic heterocycles. The van der Waals surface area contributed by atoms with Gasteiger partial charge in [0.15, 0.2) is 11.6 Å². The summed E-state index contributed by atoms with van der Waals surface area (Å²) in [7, 11) is 2.65. The van der Waals surface area contributed by atoms with E-state index in [1.54, 1.807) is 13.8 Å². The topological polar surface area (TPSA) is 113 Å².